The second kappa shape index (κ2) is 16.3. The number of alkyl halides is 1. The molecule has 0 rings (SSSR count). The first kappa shape index (κ1) is 20.9. The van der Waals surface area contributed by atoms with Crippen LogP contribution in [-0.2, 0) is 9.47 Å². The van der Waals surface area contributed by atoms with Gasteiger partial charge in [-0.2, -0.15) is 0 Å². The molecule has 0 aromatic carbocycles. The largest absolute Gasteiger partial charge is 0.353 e. The van der Waals surface area contributed by atoms with Gasteiger partial charge in [-0.05, 0) is 52.4 Å². The van der Waals surface area contributed by atoms with Gasteiger partial charge in [0.25, 0.3) is 0 Å². The summed E-state index contributed by atoms with van der Waals surface area (Å²) in [6.07, 6.45) is 15.0. The smallest absolute Gasteiger partial charge is 0.157 e. The fourth-order valence-corrected chi connectivity index (χ4v) is 2.63. The lowest BCUT2D eigenvalue weighted by Gasteiger charge is -2.16. The van der Waals surface area contributed by atoms with E-state index in [-0.39, 0.29) is 6.29 Å². The fourth-order valence-electron chi connectivity index (χ4n) is 2.31. The minimum Gasteiger partial charge on any atom is -0.353 e. The summed E-state index contributed by atoms with van der Waals surface area (Å²) < 4.78 is 11.1. The van der Waals surface area contributed by atoms with Gasteiger partial charge in [0.1, 0.15) is 0 Å². The van der Waals surface area contributed by atoms with E-state index >= 15 is 0 Å². The molecular weight excluding hydrogens is 284 g/mol. The number of ether oxygens (including phenoxy) is 2. The molecule has 0 aliphatic carbocycles. The van der Waals surface area contributed by atoms with Crippen molar-refractivity contribution in [3.05, 3.63) is 12.2 Å². The summed E-state index contributed by atoms with van der Waals surface area (Å²) in [6.45, 7) is 7.68. The first-order chi connectivity index (χ1) is 10.2. The molecule has 0 N–H and O–H groups in total. The summed E-state index contributed by atoms with van der Waals surface area (Å²) in [7, 11) is 0. The second-order valence-corrected chi connectivity index (χ2v) is 6.04. The lowest BCUT2D eigenvalue weighted by atomic mass is 10.1. The first-order valence-corrected chi connectivity index (χ1v) is 9.20. The Bertz CT molecular complexity index is 225. The number of allylic oxidation sites excluding steroid dienone is 2. The van der Waals surface area contributed by atoms with Crippen LogP contribution >= 0.6 is 11.6 Å². The second-order valence-electron chi connectivity index (χ2n) is 5.42. The minimum absolute atomic E-state index is 0.000819. The molecule has 0 fully saturated rings. The summed E-state index contributed by atoms with van der Waals surface area (Å²) >= 11 is 6.17. The van der Waals surface area contributed by atoms with Gasteiger partial charge in [-0.25, -0.2) is 0 Å². The third-order valence-electron chi connectivity index (χ3n) is 3.43. The number of hydrogen-bond donors (Lipinski definition) is 0. The Kier molecular flexibility index (Phi) is 16.3. The molecule has 0 saturated heterocycles. The highest BCUT2D eigenvalue weighted by Crippen LogP contribution is 2.12. The fraction of sp³-hybridized carbons (Fsp3) is 0.889. The third-order valence-corrected chi connectivity index (χ3v) is 3.82. The van der Waals surface area contributed by atoms with Gasteiger partial charge < -0.3 is 9.47 Å². The molecule has 0 aromatic heterocycles. The molecule has 0 saturated carbocycles. The quantitative estimate of drug-likeness (QED) is 0.158. The van der Waals surface area contributed by atoms with E-state index in [0.717, 1.165) is 32.5 Å². The Hall–Kier alpha value is -0.0500. The van der Waals surface area contributed by atoms with Crippen molar-refractivity contribution in [1.29, 1.82) is 0 Å². The van der Waals surface area contributed by atoms with E-state index in [1.165, 1.54) is 38.5 Å². The Morgan fingerprint density at radius 2 is 1.52 bits per heavy atom. The molecule has 0 amide bonds. The Morgan fingerprint density at radius 1 is 0.857 bits per heavy atom. The van der Waals surface area contributed by atoms with E-state index in [4.69, 9.17) is 21.1 Å². The Labute approximate surface area is 137 Å². The van der Waals surface area contributed by atoms with Crippen molar-refractivity contribution in [2.24, 2.45) is 0 Å². The molecule has 2 nitrogen and oxygen atoms in total. The van der Waals surface area contributed by atoms with Crippen LogP contribution in [0.15, 0.2) is 12.2 Å². The predicted molar refractivity (Wildman–Crippen MR) is 93.0 cm³/mol. The van der Waals surface area contributed by atoms with Crippen molar-refractivity contribution in [2.45, 2.75) is 90.2 Å². The SMILES string of the molecule is CCCC(Cl)C/C=C\CCCCCCC(OCC)OCC. The van der Waals surface area contributed by atoms with Crippen LogP contribution in [0.4, 0.5) is 0 Å². The molecule has 21 heavy (non-hydrogen) atoms. The highest BCUT2D eigenvalue weighted by atomic mass is 35.5. The molecular formula is C18H35ClO2. The van der Waals surface area contributed by atoms with Gasteiger partial charge in [0.15, 0.2) is 6.29 Å². The average Bonchev–Trinajstić information content (AvgIpc) is 2.46. The highest BCUT2D eigenvalue weighted by molar-refractivity contribution is 6.20. The maximum Gasteiger partial charge on any atom is 0.157 e. The number of hydrogen-bond acceptors (Lipinski definition) is 2. The molecule has 0 aliphatic heterocycles. The van der Waals surface area contributed by atoms with Crippen LogP contribution in [0.2, 0.25) is 0 Å². The van der Waals surface area contributed by atoms with Crippen molar-refractivity contribution in [3.63, 3.8) is 0 Å². The van der Waals surface area contributed by atoms with Crippen molar-refractivity contribution in [2.75, 3.05) is 13.2 Å². The standard InChI is InChI=1S/C18H35ClO2/c1-4-14-17(19)15-12-10-8-7-9-11-13-16-18(20-5-2)21-6-3/h10,12,17-18H,4-9,11,13-16H2,1-3H3/b12-10-. The van der Waals surface area contributed by atoms with Crippen LogP contribution in [0, 0.1) is 0 Å². The van der Waals surface area contributed by atoms with E-state index in [9.17, 15) is 0 Å². The van der Waals surface area contributed by atoms with Gasteiger partial charge in [0, 0.05) is 18.6 Å². The minimum atomic E-state index is -0.000819. The molecule has 0 bridgehead atoms. The van der Waals surface area contributed by atoms with E-state index in [2.05, 4.69) is 19.1 Å². The zero-order valence-corrected chi connectivity index (χ0v) is 15.0. The van der Waals surface area contributed by atoms with Crippen LogP contribution in [0.5, 0.6) is 0 Å². The van der Waals surface area contributed by atoms with Crippen LogP contribution < -0.4 is 0 Å². The molecule has 126 valence electrons. The maximum atomic E-state index is 6.17. The van der Waals surface area contributed by atoms with Crippen molar-refractivity contribution in [1.82, 2.24) is 0 Å². The van der Waals surface area contributed by atoms with E-state index in [1.807, 2.05) is 13.8 Å². The monoisotopic (exact) mass is 318 g/mol. The summed E-state index contributed by atoms with van der Waals surface area (Å²) in [5.41, 5.74) is 0. The van der Waals surface area contributed by atoms with Gasteiger partial charge in [-0.3, -0.25) is 0 Å². The lowest BCUT2D eigenvalue weighted by molar-refractivity contribution is -0.140. The summed E-state index contributed by atoms with van der Waals surface area (Å²) in [5.74, 6) is 0. The highest BCUT2D eigenvalue weighted by Gasteiger charge is 2.06. The van der Waals surface area contributed by atoms with Crippen LogP contribution in [-0.4, -0.2) is 24.9 Å². The normalized spacial score (nSPS) is 13.4. The number of halogens is 1. The zero-order valence-electron chi connectivity index (χ0n) is 14.3. The number of unbranched alkanes of at least 4 members (excludes halogenated alkanes) is 4. The molecule has 0 aliphatic rings. The first-order valence-electron chi connectivity index (χ1n) is 8.76. The van der Waals surface area contributed by atoms with Gasteiger partial charge in [0.05, 0.1) is 0 Å². The average molecular weight is 319 g/mol. The van der Waals surface area contributed by atoms with E-state index in [1.54, 1.807) is 0 Å². The van der Waals surface area contributed by atoms with Crippen LogP contribution in [0.3, 0.4) is 0 Å². The van der Waals surface area contributed by atoms with Crippen molar-refractivity contribution in [3.8, 4) is 0 Å². The van der Waals surface area contributed by atoms with Gasteiger partial charge >= 0.3 is 0 Å². The van der Waals surface area contributed by atoms with Crippen LogP contribution in [0.1, 0.15) is 78.6 Å². The molecule has 0 spiro atoms. The third kappa shape index (κ3) is 14.6. The molecule has 0 aromatic rings. The van der Waals surface area contributed by atoms with E-state index in [0.29, 0.717) is 5.38 Å². The van der Waals surface area contributed by atoms with Crippen LogP contribution in [0.25, 0.3) is 0 Å². The molecule has 0 radical (unpaired) electrons. The summed E-state index contributed by atoms with van der Waals surface area (Å²) in [6, 6.07) is 0. The predicted octanol–water partition coefficient (Wildman–Crippen LogP) is 6.08. The zero-order chi connectivity index (χ0) is 15.8. The Balaban J connectivity index is 3.40. The van der Waals surface area contributed by atoms with Gasteiger partial charge in [0.2, 0.25) is 0 Å². The van der Waals surface area contributed by atoms with Crippen molar-refractivity contribution < 1.29 is 9.47 Å². The van der Waals surface area contributed by atoms with Gasteiger partial charge in [-0.15, -0.1) is 11.6 Å². The lowest BCUT2D eigenvalue weighted by Crippen LogP contribution is -2.17. The van der Waals surface area contributed by atoms with Gasteiger partial charge in [-0.1, -0.05) is 38.3 Å². The molecule has 1 unspecified atom stereocenters. The van der Waals surface area contributed by atoms with E-state index < -0.39 is 0 Å². The Morgan fingerprint density at radius 3 is 2.14 bits per heavy atom. The van der Waals surface area contributed by atoms with Crippen molar-refractivity contribution >= 4 is 11.6 Å². The number of rotatable bonds is 15. The molecule has 0 heterocycles. The topological polar surface area (TPSA) is 18.5 Å². The maximum absolute atomic E-state index is 6.17. The summed E-state index contributed by atoms with van der Waals surface area (Å²) in [5, 5.41) is 0.320. The summed E-state index contributed by atoms with van der Waals surface area (Å²) in [4.78, 5) is 0. The molecule has 1 atom stereocenters. The molecule has 3 heteroatoms.